The predicted octanol–water partition coefficient (Wildman–Crippen LogP) is 2.07. The molecular formula is C18H17N7O2. The smallest absolute Gasteiger partial charge is 0.343 e. The Morgan fingerprint density at radius 1 is 1.11 bits per heavy atom. The van der Waals surface area contributed by atoms with Crippen LogP contribution in [0.5, 0.6) is 0 Å². The van der Waals surface area contributed by atoms with Gasteiger partial charge in [0.25, 0.3) is 0 Å². The zero-order chi connectivity index (χ0) is 19.0. The first-order chi connectivity index (χ1) is 13.1. The summed E-state index contributed by atoms with van der Waals surface area (Å²) in [6.45, 7) is 3.76. The third-order valence-corrected chi connectivity index (χ3v) is 4.02. The van der Waals surface area contributed by atoms with Gasteiger partial charge < -0.3 is 10.5 Å². The zero-order valence-electron chi connectivity index (χ0n) is 14.8. The molecule has 9 nitrogen and oxygen atoms in total. The Bertz CT molecular complexity index is 1130. The third kappa shape index (κ3) is 2.78. The van der Waals surface area contributed by atoms with Crippen LogP contribution in [0.3, 0.4) is 0 Å². The number of carbonyl (C=O) groups is 1. The lowest BCUT2D eigenvalue weighted by molar-refractivity contribution is 0.0527. The van der Waals surface area contributed by atoms with Gasteiger partial charge in [-0.2, -0.15) is 14.9 Å². The number of nitrogens with zero attached hydrogens (tertiary/aromatic N) is 6. The first kappa shape index (κ1) is 16.7. The van der Waals surface area contributed by atoms with E-state index < -0.39 is 5.97 Å². The lowest BCUT2D eigenvalue weighted by Gasteiger charge is -2.08. The van der Waals surface area contributed by atoms with Crippen LogP contribution >= 0.6 is 0 Å². The van der Waals surface area contributed by atoms with E-state index in [4.69, 9.17) is 10.5 Å². The van der Waals surface area contributed by atoms with Gasteiger partial charge in [-0.1, -0.05) is 18.2 Å². The molecular weight excluding hydrogens is 346 g/mol. The van der Waals surface area contributed by atoms with E-state index in [-0.39, 0.29) is 18.0 Å². The number of rotatable bonds is 4. The summed E-state index contributed by atoms with van der Waals surface area (Å²) in [5, 5.41) is 9.32. The van der Waals surface area contributed by atoms with Gasteiger partial charge >= 0.3 is 5.97 Å². The molecule has 0 saturated carbocycles. The molecule has 4 aromatic rings. The number of hydrogen-bond acceptors (Lipinski definition) is 7. The molecule has 27 heavy (non-hydrogen) atoms. The van der Waals surface area contributed by atoms with E-state index in [1.165, 1.54) is 10.9 Å². The zero-order valence-corrected chi connectivity index (χ0v) is 14.8. The van der Waals surface area contributed by atoms with Crippen molar-refractivity contribution < 1.29 is 9.53 Å². The number of aryl methyl sites for hydroxylation is 1. The summed E-state index contributed by atoms with van der Waals surface area (Å²) in [6, 6.07) is 9.65. The number of nitrogen functional groups attached to an aromatic ring is 1. The van der Waals surface area contributed by atoms with E-state index >= 15 is 0 Å². The van der Waals surface area contributed by atoms with Gasteiger partial charge in [0.15, 0.2) is 11.5 Å². The molecule has 0 atom stereocenters. The van der Waals surface area contributed by atoms with E-state index in [0.29, 0.717) is 22.7 Å². The van der Waals surface area contributed by atoms with Crippen LogP contribution in [0.2, 0.25) is 0 Å². The summed E-state index contributed by atoms with van der Waals surface area (Å²) in [7, 11) is 0. The summed E-state index contributed by atoms with van der Waals surface area (Å²) in [4.78, 5) is 21.0. The largest absolute Gasteiger partial charge is 0.462 e. The second-order valence-electron chi connectivity index (χ2n) is 5.80. The molecule has 0 spiro atoms. The first-order valence-corrected chi connectivity index (χ1v) is 8.39. The number of aromatic nitrogens is 6. The average Bonchev–Trinajstić information content (AvgIpc) is 3.25. The highest BCUT2D eigenvalue weighted by molar-refractivity contribution is 5.95. The summed E-state index contributed by atoms with van der Waals surface area (Å²) in [5.41, 5.74) is 7.82. The molecule has 3 heterocycles. The number of benzene rings is 1. The SMILES string of the molecule is CCOC(=O)c1cnn(-c2nc(C)nc3c2cnn3-c2ccccc2)c1N. The number of esters is 1. The number of hydrogen-bond donors (Lipinski definition) is 1. The standard InChI is InChI=1S/C18H17N7O2/c1-3-27-18(26)13-9-21-25(15(13)19)17-14-10-20-24(12-7-5-4-6-8-12)16(14)22-11(2)23-17/h4-10H,3,19H2,1-2H3. The van der Waals surface area contributed by atoms with Crippen molar-refractivity contribution in [2.45, 2.75) is 13.8 Å². The normalized spacial score (nSPS) is 11.0. The Hall–Kier alpha value is -3.75. The maximum Gasteiger partial charge on any atom is 0.343 e. The van der Waals surface area contributed by atoms with Gasteiger partial charge in [0.1, 0.15) is 17.2 Å². The maximum absolute atomic E-state index is 12.0. The molecule has 3 aromatic heterocycles. The second-order valence-corrected chi connectivity index (χ2v) is 5.80. The summed E-state index contributed by atoms with van der Waals surface area (Å²) < 4.78 is 8.13. The Balaban J connectivity index is 1.89. The van der Waals surface area contributed by atoms with E-state index in [1.807, 2.05) is 30.3 Å². The van der Waals surface area contributed by atoms with E-state index in [1.54, 1.807) is 24.7 Å². The summed E-state index contributed by atoms with van der Waals surface area (Å²) in [6.07, 6.45) is 3.03. The highest BCUT2D eigenvalue weighted by Crippen LogP contribution is 2.25. The Labute approximate surface area is 154 Å². The van der Waals surface area contributed by atoms with Crippen LogP contribution in [0.15, 0.2) is 42.7 Å². The fourth-order valence-electron chi connectivity index (χ4n) is 2.81. The van der Waals surface area contributed by atoms with Crippen molar-refractivity contribution in [2.75, 3.05) is 12.3 Å². The molecule has 2 N–H and O–H groups in total. The minimum atomic E-state index is -0.525. The van der Waals surface area contributed by atoms with Crippen molar-refractivity contribution in [3.8, 4) is 11.5 Å². The number of nitrogens with two attached hydrogens (primary N) is 1. The van der Waals surface area contributed by atoms with Crippen LogP contribution in [-0.4, -0.2) is 42.1 Å². The van der Waals surface area contributed by atoms with Crippen molar-refractivity contribution in [2.24, 2.45) is 0 Å². The molecule has 0 saturated heterocycles. The molecule has 0 aliphatic rings. The molecule has 0 bridgehead atoms. The van der Waals surface area contributed by atoms with Crippen LogP contribution in [0.25, 0.3) is 22.5 Å². The van der Waals surface area contributed by atoms with Crippen LogP contribution in [-0.2, 0) is 4.74 Å². The molecule has 9 heteroatoms. The van der Waals surface area contributed by atoms with Gasteiger partial charge in [-0.05, 0) is 26.0 Å². The lowest BCUT2D eigenvalue weighted by atomic mass is 10.3. The Morgan fingerprint density at radius 2 is 1.85 bits per heavy atom. The minimum absolute atomic E-state index is 0.153. The molecule has 0 aliphatic carbocycles. The van der Waals surface area contributed by atoms with Gasteiger partial charge in [0.05, 0.1) is 30.1 Å². The fourth-order valence-corrected chi connectivity index (χ4v) is 2.81. The summed E-state index contributed by atoms with van der Waals surface area (Å²) in [5.74, 6) is 0.610. The topological polar surface area (TPSA) is 114 Å². The maximum atomic E-state index is 12.0. The quantitative estimate of drug-likeness (QED) is 0.552. The highest BCUT2D eigenvalue weighted by atomic mass is 16.5. The predicted molar refractivity (Wildman–Crippen MR) is 98.9 cm³/mol. The number of carbonyl (C=O) groups excluding carboxylic acids is 1. The van der Waals surface area contributed by atoms with E-state index in [2.05, 4.69) is 20.2 Å². The number of anilines is 1. The Kier molecular flexibility index (Phi) is 4.03. The van der Waals surface area contributed by atoms with Gasteiger partial charge in [-0.25, -0.2) is 19.4 Å². The Morgan fingerprint density at radius 3 is 2.59 bits per heavy atom. The van der Waals surface area contributed by atoms with Gasteiger partial charge in [0.2, 0.25) is 0 Å². The van der Waals surface area contributed by atoms with Gasteiger partial charge in [-0.3, -0.25) is 0 Å². The van der Waals surface area contributed by atoms with Gasteiger partial charge in [-0.15, -0.1) is 0 Å². The molecule has 136 valence electrons. The van der Waals surface area contributed by atoms with E-state index in [0.717, 1.165) is 5.69 Å². The molecule has 1 aromatic carbocycles. The van der Waals surface area contributed by atoms with Crippen LogP contribution in [0, 0.1) is 6.92 Å². The molecule has 0 fully saturated rings. The van der Waals surface area contributed by atoms with Crippen molar-refractivity contribution >= 4 is 22.8 Å². The molecule has 4 rings (SSSR count). The van der Waals surface area contributed by atoms with Crippen molar-refractivity contribution in [1.82, 2.24) is 29.5 Å². The molecule has 0 unspecified atom stereocenters. The third-order valence-electron chi connectivity index (χ3n) is 4.02. The van der Waals surface area contributed by atoms with Crippen molar-refractivity contribution in [3.63, 3.8) is 0 Å². The molecule has 0 radical (unpaired) electrons. The van der Waals surface area contributed by atoms with Crippen molar-refractivity contribution in [1.29, 1.82) is 0 Å². The number of fused-ring (bicyclic) bond motifs is 1. The minimum Gasteiger partial charge on any atom is -0.462 e. The van der Waals surface area contributed by atoms with Crippen molar-refractivity contribution in [3.05, 3.63) is 54.1 Å². The van der Waals surface area contributed by atoms with Crippen LogP contribution in [0.4, 0.5) is 5.82 Å². The average molecular weight is 363 g/mol. The van der Waals surface area contributed by atoms with E-state index in [9.17, 15) is 4.79 Å². The number of ether oxygens (including phenoxy) is 1. The summed E-state index contributed by atoms with van der Waals surface area (Å²) >= 11 is 0. The fraction of sp³-hybridized carbons (Fsp3) is 0.167. The highest BCUT2D eigenvalue weighted by Gasteiger charge is 2.21. The van der Waals surface area contributed by atoms with Gasteiger partial charge in [0, 0.05) is 0 Å². The lowest BCUT2D eigenvalue weighted by Crippen LogP contribution is -2.11. The first-order valence-electron chi connectivity index (χ1n) is 8.39. The molecule has 0 aliphatic heterocycles. The molecule has 0 amide bonds. The van der Waals surface area contributed by atoms with Crippen LogP contribution in [0.1, 0.15) is 23.1 Å². The monoisotopic (exact) mass is 363 g/mol. The second kappa shape index (κ2) is 6.52. The number of para-hydroxylation sites is 1. The van der Waals surface area contributed by atoms with Crippen LogP contribution < -0.4 is 5.73 Å².